The Morgan fingerprint density at radius 2 is 2.06 bits per heavy atom. The first-order valence-corrected chi connectivity index (χ1v) is 7.80. The smallest absolute Gasteiger partial charge is 0.147 e. The van der Waals surface area contributed by atoms with Crippen LogP contribution in [0.25, 0.3) is 0 Å². The standard InChI is InChI=1S/C11H15BrO3S/c1-9-4-5-10(12)8-11(9)15-6-3-7-16(2,13)14/h4-5,8H,3,6-7H2,1-2H3. The Labute approximate surface area is 105 Å². The van der Waals surface area contributed by atoms with Crippen LogP contribution in [0.1, 0.15) is 12.0 Å². The first kappa shape index (κ1) is 13.5. The van der Waals surface area contributed by atoms with Crippen LogP contribution in [0.5, 0.6) is 5.75 Å². The van der Waals surface area contributed by atoms with Gasteiger partial charge in [-0.15, -0.1) is 0 Å². The minimum atomic E-state index is -2.89. The molecule has 16 heavy (non-hydrogen) atoms. The molecule has 0 atom stereocenters. The van der Waals surface area contributed by atoms with E-state index in [2.05, 4.69) is 15.9 Å². The van der Waals surface area contributed by atoms with Crippen LogP contribution in [0.3, 0.4) is 0 Å². The molecule has 0 aromatic heterocycles. The van der Waals surface area contributed by atoms with Crippen molar-refractivity contribution in [3.05, 3.63) is 28.2 Å². The molecule has 0 N–H and O–H groups in total. The van der Waals surface area contributed by atoms with Crippen LogP contribution in [-0.2, 0) is 9.84 Å². The predicted octanol–water partition coefficient (Wildman–Crippen LogP) is 2.57. The van der Waals surface area contributed by atoms with Crippen molar-refractivity contribution in [1.82, 2.24) is 0 Å². The number of rotatable bonds is 5. The highest BCUT2D eigenvalue weighted by Gasteiger charge is 2.03. The molecule has 0 heterocycles. The number of benzene rings is 1. The van der Waals surface area contributed by atoms with Gasteiger partial charge in [-0.3, -0.25) is 0 Å². The minimum absolute atomic E-state index is 0.167. The zero-order valence-electron chi connectivity index (χ0n) is 9.36. The molecule has 0 aliphatic carbocycles. The van der Waals surface area contributed by atoms with Gasteiger partial charge in [0.25, 0.3) is 0 Å². The first-order valence-electron chi connectivity index (χ1n) is 4.95. The molecule has 1 aromatic carbocycles. The molecule has 0 unspecified atom stereocenters. The monoisotopic (exact) mass is 306 g/mol. The number of hydrogen-bond donors (Lipinski definition) is 0. The van der Waals surface area contributed by atoms with Crippen molar-refractivity contribution in [2.75, 3.05) is 18.6 Å². The third-order valence-electron chi connectivity index (χ3n) is 2.07. The van der Waals surface area contributed by atoms with Gasteiger partial charge in [0.15, 0.2) is 0 Å². The number of ether oxygens (including phenoxy) is 1. The molecule has 1 aromatic rings. The van der Waals surface area contributed by atoms with Gasteiger partial charge in [0.2, 0.25) is 0 Å². The molecule has 0 spiro atoms. The minimum Gasteiger partial charge on any atom is -0.493 e. The van der Waals surface area contributed by atoms with Gasteiger partial charge < -0.3 is 4.74 Å². The highest BCUT2D eigenvalue weighted by molar-refractivity contribution is 9.10. The Morgan fingerprint density at radius 1 is 1.38 bits per heavy atom. The maximum Gasteiger partial charge on any atom is 0.147 e. The molecule has 0 fully saturated rings. The van der Waals surface area contributed by atoms with Gasteiger partial charge >= 0.3 is 0 Å². The van der Waals surface area contributed by atoms with Crippen molar-refractivity contribution in [2.45, 2.75) is 13.3 Å². The second-order valence-electron chi connectivity index (χ2n) is 3.74. The van der Waals surface area contributed by atoms with Crippen molar-refractivity contribution in [3.8, 4) is 5.75 Å². The zero-order chi connectivity index (χ0) is 12.2. The van der Waals surface area contributed by atoms with Gasteiger partial charge in [0.1, 0.15) is 15.6 Å². The lowest BCUT2D eigenvalue weighted by atomic mass is 10.2. The van der Waals surface area contributed by atoms with Crippen LogP contribution in [0.15, 0.2) is 22.7 Å². The molecule has 5 heteroatoms. The summed E-state index contributed by atoms with van der Waals surface area (Å²) < 4.78 is 28.3. The summed E-state index contributed by atoms with van der Waals surface area (Å²) >= 11 is 3.36. The summed E-state index contributed by atoms with van der Waals surface area (Å²) in [6.07, 6.45) is 1.75. The molecule has 0 saturated heterocycles. The van der Waals surface area contributed by atoms with Gasteiger partial charge in [0, 0.05) is 10.7 Å². The maximum atomic E-state index is 10.9. The van der Waals surface area contributed by atoms with Gasteiger partial charge in [0.05, 0.1) is 12.4 Å². The first-order chi connectivity index (χ1) is 7.38. The molecular formula is C11H15BrO3S. The fourth-order valence-electron chi connectivity index (χ4n) is 1.23. The van der Waals surface area contributed by atoms with Crippen LogP contribution in [0, 0.1) is 6.92 Å². The van der Waals surface area contributed by atoms with Crippen LogP contribution in [0.4, 0.5) is 0 Å². The zero-order valence-corrected chi connectivity index (χ0v) is 11.8. The normalized spacial score (nSPS) is 11.4. The molecular weight excluding hydrogens is 292 g/mol. The van der Waals surface area contributed by atoms with Crippen molar-refractivity contribution in [2.24, 2.45) is 0 Å². The lowest BCUT2D eigenvalue weighted by Crippen LogP contribution is -2.08. The number of sulfone groups is 1. The Morgan fingerprint density at radius 3 is 2.69 bits per heavy atom. The molecule has 0 aliphatic heterocycles. The second-order valence-corrected chi connectivity index (χ2v) is 6.92. The van der Waals surface area contributed by atoms with Crippen molar-refractivity contribution in [3.63, 3.8) is 0 Å². The van der Waals surface area contributed by atoms with Crippen LogP contribution >= 0.6 is 15.9 Å². The predicted molar refractivity (Wildman–Crippen MR) is 68.7 cm³/mol. The number of hydrogen-bond acceptors (Lipinski definition) is 3. The molecule has 0 aliphatic rings. The third kappa shape index (κ3) is 4.99. The quantitative estimate of drug-likeness (QED) is 0.785. The van der Waals surface area contributed by atoms with Gasteiger partial charge in [-0.2, -0.15) is 0 Å². The molecule has 3 nitrogen and oxygen atoms in total. The molecule has 0 bridgehead atoms. The Bertz CT molecular complexity index is 454. The van der Waals surface area contributed by atoms with E-state index in [1.165, 1.54) is 6.26 Å². The lowest BCUT2D eigenvalue weighted by molar-refractivity contribution is 0.315. The molecule has 0 amide bonds. The second kappa shape index (κ2) is 5.68. The number of aryl methyl sites for hydroxylation is 1. The lowest BCUT2D eigenvalue weighted by Gasteiger charge is -2.08. The van der Waals surface area contributed by atoms with Crippen molar-refractivity contribution >= 4 is 25.8 Å². The van der Waals surface area contributed by atoms with E-state index in [1.807, 2.05) is 25.1 Å². The van der Waals surface area contributed by atoms with Gasteiger partial charge in [-0.25, -0.2) is 8.42 Å². The van der Waals surface area contributed by atoms with E-state index < -0.39 is 9.84 Å². The van der Waals surface area contributed by atoms with E-state index >= 15 is 0 Å². The summed E-state index contributed by atoms with van der Waals surface area (Å²) in [4.78, 5) is 0. The Balaban J connectivity index is 2.46. The molecule has 90 valence electrons. The maximum absolute atomic E-state index is 10.9. The van der Waals surface area contributed by atoms with Gasteiger partial charge in [-0.05, 0) is 31.0 Å². The van der Waals surface area contributed by atoms with Crippen molar-refractivity contribution < 1.29 is 13.2 Å². The highest BCUT2D eigenvalue weighted by atomic mass is 79.9. The van der Waals surface area contributed by atoms with Crippen LogP contribution < -0.4 is 4.74 Å². The van der Waals surface area contributed by atoms with E-state index in [1.54, 1.807) is 0 Å². The van der Waals surface area contributed by atoms with Crippen LogP contribution in [0.2, 0.25) is 0 Å². The summed E-state index contributed by atoms with van der Waals surface area (Å²) in [5, 5.41) is 0. The van der Waals surface area contributed by atoms with E-state index in [0.29, 0.717) is 13.0 Å². The van der Waals surface area contributed by atoms with E-state index in [4.69, 9.17) is 4.74 Å². The van der Waals surface area contributed by atoms with E-state index in [-0.39, 0.29) is 5.75 Å². The summed E-state index contributed by atoms with van der Waals surface area (Å²) in [6, 6.07) is 5.78. The summed E-state index contributed by atoms with van der Waals surface area (Å²) in [5.41, 5.74) is 1.04. The largest absolute Gasteiger partial charge is 0.493 e. The summed E-state index contributed by atoms with van der Waals surface area (Å²) in [6.45, 7) is 2.38. The third-order valence-corrected chi connectivity index (χ3v) is 3.59. The fourth-order valence-corrected chi connectivity index (χ4v) is 2.21. The average Bonchev–Trinajstić information content (AvgIpc) is 2.16. The Hall–Kier alpha value is -0.550. The molecule has 0 saturated carbocycles. The molecule has 1 rings (SSSR count). The topological polar surface area (TPSA) is 43.4 Å². The van der Waals surface area contributed by atoms with E-state index in [9.17, 15) is 8.42 Å². The van der Waals surface area contributed by atoms with Crippen LogP contribution in [-0.4, -0.2) is 27.0 Å². The SMILES string of the molecule is Cc1ccc(Br)cc1OCCCS(C)(=O)=O. The Kier molecular flexibility index (Phi) is 4.80. The summed E-state index contributed by atoms with van der Waals surface area (Å²) in [5.74, 6) is 0.961. The van der Waals surface area contributed by atoms with Crippen molar-refractivity contribution in [1.29, 1.82) is 0 Å². The van der Waals surface area contributed by atoms with Gasteiger partial charge in [-0.1, -0.05) is 22.0 Å². The molecule has 0 radical (unpaired) electrons. The summed E-state index contributed by atoms with van der Waals surface area (Å²) in [7, 11) is -2.89. The number of halogens is 1. The fraction of sp³-hybridized carbons (Fsp3) is 0.455. The highest BCUT2D eigenvalue weighted by Crippen LogP contribution is 2.22. The van der Waals surface area contributed by atoms with E-state index in [0.717, 1.165) is 15.8 Å². The average molecular weight is 307 g/mol.